The third-order valence-corrected chi connectivity index (χ3v) is 6.19. The maximum absolute atomic E-state index is 3.66. The van der Waals surface area contributed by atoms with Crippen molar-refractivity contribution >= 4 is 11.3 Å². The van der Waals surface area contributed by atoms with Crippen molar-refractivity contribution in [1.29, 1.82) is 0 Å². The molecule has 0 saturated heterocycles. The summed E-state index contributed by atoms with van der Waals surface area (Å²) < 4.78 is 0. The first-order valence-corrected chi connectivity index (χ1v) is 11.3. The molecule has 0 unspecified atom stereocenters. The van der Waals surface area contributed by atoms with Gasteiger partial charge in [-0.15, -0.1) is 0 Å². The van der Waals surface area contributed by atoms with Gasteiger partial charge in [0.05, 0.1) is 0 Å². The first kappa shape index (κ1) is 20.1. The van der Waals surface area contributed by atoms with Gasteiger partial charge in [-0.3, -0.25) is 0 Å². The van der Waals surface area contributed by atoms with E-state index in [1.165, 1.54) is 39.1 Å². The molecule has 1 atom stereocenters. The number of dihydropyridines is 1. The van der Waals surface area contributed by atoms with E-state index in [-0.39, 0.29) is 5.92 Å². The second-order valence-electron chi connectivity index (χ2n) is 8.21. The predicted octanol–water partition coefficient (Wildman–Crippen LogP) is 6.06. The molecule has 0 saturated carbocycles. The van der Waals surface area contributed by atoms with Crippen molar-refractivity contribution in [2.24, 2.45) is 0 Å². The Morgan fingerprint density at radius 1 is 0.750 bits per heavy atom. The predicted molar refractivity (Wildman–Crippen MR) is 135 cm³/mol. The van der Waals surface area contributed by atoms with Crippen LogP contribution in [-0.2, 0) is 6.42 Å². The molecule has 2 N–H and O–H groups in total. The molecule has 0 amide bonds. The van der Waals surface area contributed by atoms with Gasteiger partial charge >= 0.3 is 0 Å². The molecule has 0 aromatic heterocycles. The van der Waals surface area contributed by atoms with Crippen LogP contribution in [0.2, 0.25) is 0 Å². The van der Waals surface area contributed by atoms with Gasteiger partial charge < -0.3 is 10.6 Å². The summed E-state index contributed by atoms with van der Waals surface area (Å²) in [5.74, 6) is 0.246. The first-order valence-electron chi connectivity index (χ1n) is 11.3. The maximum atomic E-state index is 3.66. The molecule has 5 rings (SSSR count). The minimum absolute atomic E-state index is 0.246. The SMILES string of the molecule is C1=CCNC(c2ccccc2[C@H]2CN/C=C(c3ccccc3)\C=C/Cc3ccccc32)=C1. The smallest absolute Gasteiger partial charge is 0.0419 e. The Kier molecular flexibility index (Phi) is 6.02. The molecular formula is C30H28N2. The topological polar surface area (TPSA) is 24.1 Å². The van der Waals surface area contributed by atoms with Crippen LogP contribution >= 0.6 is 0 Å². The van der Waals surface area contributed by atoms with E-state index in [0.29, 0.717) is 0 Å². The molecule has 0 fully saturated rings. The summed E-state index contributed by atoms with van der Waals surface area (Å²) in [5, 5.41) is 7.20. The fraction of sp³-hybridized carbons (Fsp3) is 0.133. The highest BCUT2D eigenvalue weighted by Gasteiger charge is 2.21. The van der Waals surface area contributed by atoms with Crippen LogP contribution < -0.4 is 10.6 Å². The Morgan fingerprint density at radius 2 is 1.53 bits per heavy atom. The van der Waals surface area contributed by atoms with E-state index >= 15 is 0 Å². The Hall–Kier alpha value is -3.78. The van der Waals surface area contributed by atoms with E-state index < -0.39 is 0 Å². The molecule has 2 heterocycles. The Labute approximate surface area is 190 Å². The van der Waals surface area contributed by atoms with Crippen LogP contribution in [0.15, 0.2) is 115 Å². The number of fused-ring (bicyclic) bond motifs is 1. The fourth-order valence-corrected chi connectivity index (χ4v) is 4.60. The molecule has 32 heavy (non-hydrogen) atoms. The van der Waals surface area contributed by atoms with Crippen molar-refractivity contribution in [3.63, 3.8) is 0 Å². The summed E-state index contributed by atoms with van der Waals surface area (Å²) in [7, 11) is 0. The van der Waals surface area contributed by atoms with Crippen LogP contribution in [0.4, 0.5) is 0 Å². The van der Waals surface area contributed by atoms with Gasteiger partial charge in [0.2, 0.25) is 0 Å². The van der Waals surface area contributed by atoms with E-state index in [9.17, 15) is 0 Å². The quantitative estimate of drug-likeness (QED) is 0.542. The normalized spacial score (nSPS) is 20.6. The van der Waals surface area contributed by atoms with Gasteiger partial charge in [-0.05, 0) is 40.3 Å². The van der Waals surface area contributed by atoms with Crippen LogP contribution in [0.1, 0.15) is 33.7 Å². The molecule has 0 spiro atoms. The average molecular weight is 417 g/mol. The van der Waals surface area contributed by atoms with Gasteiger partial charge in [0.15, 0.2) is 0 Å². The van der Waals surface area contributed by atoms with Crippen molar-refractivity contribution < 1.29 is 0 Å². The molecule has 0 bridgehead atoms. The summed E-state index contributed by atoms with van der Waals surface area (Å²) in [4.78, 5) is 0. The maximum Gasteiger partial charge on any atom is 0.0419 e. The summed E-state index contributed by atoms with van der Waals surface area (Å²) >= 11 is 0. The van der Waals surface area contributed by atoms with Crippen LogP contribution in [-0.4, -0.2) is 13.1 Å². The number of hydrogen-bond donors (Lipinski definition) is 2. The lowest BCUT2D eigenvalue weighted by molar-refractivity contribution is 0.726. The summed E-state index contributed by atoms with van der Waals surface area (Å²) in [6.07, 6.45) is 14.1. The van der Waals surface area contributed by atoms with E-state index in [1.807, 2.05) is 0 Å². The third-order valence-electron chi connectivity index (χ3n) is 6.19. The molecule has 0 radical (unpaired) electrons. The van der Waals surface area contributed by atoms with Crippen molar-refractivity contribution in [1.82, 2.24) is 10.6 Å². The molecule has 3 aromatic carbocycles. The van der Waals surface area contributed by atoms with Crippen LogP contribution in [0.3, 0.4) is 0 Å². The van der Waals surface area contributed by atoms with Gasteiger partial charge in [-0.1, -0.05) is 103 Å². The Bertz CT molecular complexity index is 1200. The lowest BCUT2D eigenvalue weighted by Gasteiger charge is -2.26. The summed E-state index contributed by atoms with van der Waals surface area (Å²) in [5.41, 5.74) is 9.02. The number of nitrogens with one attached hydrogen (secondary N) is 2. The van der Waals surface area contributed by atoms with E-state index in [4.69, 9.17) is 0 Å². The highest BCUT2D eigenvalue weighted by molar-refractivity contribution is 5.74. The lowest BCUT2D eigenvalue weighted by atomic mass is 9.83. The largest absolute Gasteiger partial charge is 0.389 e. The van der Waals surface area contributed by atoms with E-state index in [2.05, 4.69) is 126 Å². The molecule has 2 aliphatic heterocycles. The van der Waals surface area contributed by atoms with Crippen molar-refractivity contribution in [3.8, 4) is 0 Å². The second kappa shape index (κ2) is 9.57. The molecule has 3 aromatic rings. The zero-order valence-electron chi connectivity index (χ0n) is 18.2. The van der Waals surface area contributed by atoms with Crippen LogP contribution in [0.25, 0.3) is 11.3 Å². The van der Waals surface area contributed by atoms with E-state index in [0.717, 1.165) is 19.5 Å². The fourth-order valence-electron chi connectivity index (χ4n) is 4.60. The number of hydrogen-bond acceptors (Lipinski definition) is 2. The molecule has 2 nitrogen and oxygen atoms in total. The van der Waals surface area contributed by atoms with Crippen LogP contribution in [0.5, 0.6) is 0 Å². The standard InChI is InChI=1S/C30H28N2/c1-2-11-23(12-3-1)25-15-10-14-24-13-4-5-16-26(24)29(22-31-21-25)27-17-6-7-18-28(27)30-19-8-9-20-32-30/h1-13,15-19,21,29,31-32H,14,20,22H2/b15-10-,25-21+/t29-/m0/s1. The molecule has 2 heteroatoms. The van der Waals surface area contributed by atoms with Crippen molar-refractivity contribution in [2.75, 3.05) is 13.1 Å². The summed E-state index contributed by atoms with van der Waals surface area (Å²) in [6.45, 7) is 1.70. The molecule has 158 valence electrons. The monoisotopic (exact) mass is 416 g/mol. The minimum atomic E-state index is 0.246. The van der Waals surface area contributed by atoms with Gasteiger partial charge in [0.25, 0.3) is 0 Å². The number of benzene rings is 3. The van der Waals surface area contributed by atoms with Gasteiger partial charge in [0, 0.05) is 36.5 Å². The molecular weight excluding hydrogens is 388 g/mol. The van der Waals surface area contributed by atoms with Crippen molar-refractivity contribution in [3.05, 3.63) is 143 Å². The minimum Gasteiger partial charge on any atom is -0.389 e. The third kappa shape index (κ3) is 4.31. The zero-order chi connectivity index (χ0) is 21.6. The highest BCUT2D eigenvalue weighted by Crippen LogP contribution is 2.33. The lowest BCUT2D eigenvalue weighted by Crippen LogP contribution is -2.22. The van der Waals surface area contributed by atoms with Crippen molar-refractivity contribution in [2.45, 2.75) is 12.3 Å². The highest BCUT2D eigenvalue weighted by atomic mass is 14.9. The molecule has 2 aliphatic rings. The zero-order valence-corrected chi connectivity index (χ0v) is 18.2. The van der Waals surface area contributed by atoms with Crippen LogP contribution in [0, 0.1) is 0 Å². The van der Waals surface area contributed by atoms with Gasteiger partial charge in [-0.25, -0.2) is 0 Å². The first-order chi connectivity index (χ1) is 15.9. The second-order valence-corrected chi connectivity index (χ2v) is 8.21. The van der Waals surface area contributed by atoms with Gasteiger partial charge in [-0.2, -0.15) is 0 Å². The average Bonchev–Trinajstić information content (AvgIpc) is 2.87. The summed E-state index contributed by atoms with van der Waals surface area (Å²) in [6, 6.07) is 28.3. The number of rotatable bonds is 3. The van der Waals surface area contributed by atoms with Gasteiger partial charge in [0.1, 0.15) is 0 Å². The molecule has 0 aliphatic carbocycles. The Balaban J connectivity index is 1.58. The number of allylic oxidation sites excluding steroid dienone is 5. The Morgan fingerprint density at radius 3 is 2.38 bits per heavy atom. The van der Waals surface area contributed by atoms with E-state index in [1.54, 1.807) is 0 Å².